The van der Waals surface area contributed by atoms with Gasteiger partial charge in [0.2, 0.25) is 0 Å². The number of benzene rings is 1. The van der Waals surface area contributed by atoms with Gasteiger partial charge >= 0.3 is 0 Å². The van der Waals surface area contributed by atoms with Gasteiger partial charge < -0.3 is 4.74 Å². The summed E-state index contributed by atoms with van der Waals surface area (Å²) in [6.07, 6.45) is 0. The van der Waals surface area contributed by atoms with E-state index in [9.17, 15) is 4.79 Å². The number of halogens is 1. The molecule has 74 valence electrons. The zero-order valence-electron chi connectivity index (χ0n) is 8.13. The smallest absolute Gasteiger partial charge is 0.175 e. The molecule has 3 heteroatoms. The topological polar surface area (TPSA) is 26.3 Å². The summed E-state index contributed by atoms with van der Waals surface area (Å²) < 4.78 is 5.48. The highest BCUT2D eigenvalue weighted by Crippen LogP contribution is 2.35. The molecule has 0 fully saturated rings. The molecule has 0 unspecified atom stereocenters. The van der Waals surface area contributed by atoms with Crippen LogP contribution in [0.25, 0.3) is 0 Å². The molecule has 0 amide bonds. The molecule has 0 bridgehead atoms. The Hall–Kier alpha value is -1.02. The van der Waals surface area contributed by atoms with Crippen molar-refractivity contribution >= 4 is 17.4 Å². The van der Waals surface area contributed by atoms with E-state index >= 15 is 0 Å². The first-order valence-electron chi connectivity index (χ1n) is 4.48. The van der Waals surface area contributed by atoms with Gasteiger partial charge in [-0.25, -0.2) is 0 Å². The lowest BCUT2D eigenvalue weighted by atomic mass is 9.83. The predicted octanol–water partition coefficient (Wildman–Crippen LogP) is 2.94. The minimum Gasteiger partial charge on any atom is -0.492 e. The van der Waals surface area contributed by atoms with Gasteiger partial charge in [0.15, 0.2) is 5.78 Å². The van der Waals surface area contributed by atoms with Crippen LogP contribution in [-0.2, 0) is 0 Å². The summed E-state index contributed by atoms with van der Waals surface area (Å²) in [5.74, 6) is 0.736. The van der Waals surface area contributed by atoms with Crippen LogP contribution in [-0.4, -0.2) is 12.4 Å². The fraction of sp³-hybridized carbons (Fsp3) is 0.364. The Bertz CT molecular complexity index is 396. The molecule has 1 aliphatic rings. The molecule has 0 aromatic heterocycles. The van der Waals surface area contributed by atoms with E-state index in [0.717, 1.165) is 0 Å². The normalized spacial score (nSPS) is 18.6. The van der Waals surface area contributed by atoms with Gasteiger partial charge in [-0.2, -0.15) is 0 Å². The number of carbonyl (C=O) groups excluding carboxylic acids is 1. The molecule has 1 aliphatic heterocycles. The largest absolute Gasteiger partial charge is 0.492 e. The number of hydrogen-bond acceptors (Lipinski definition) is 2. The van der Waals surface area contributed by atoms with Gasteiger partial charge in [-0.1, -0.05) is 11.6 Å². The molecular formula is C11H11ClO2. The summed E-state index contributed by atoms with van der Waals surface area (Å²) in [6, 6.07) is 5.14. The predicted molar refractivity (Wildman–Crippen MR) is 55.1 cm³/mol. The molecule has 0 radical (unpaired) electrons. The second kappa shape index (κ2) is 2.99. The first-order chi connectivity index (χ1) is 6.50. The van der Waals surface area contributed by atoms with E-state index in [0.29, 0.717) is 22.9 Å². The van der Waals surface area contributed by atoms with Gasteiger partial charge in [-0.3, -0.25) is 4.79 Å². The van der Waals surface area contributed by atoms with Gasteiger partial charge in [-0.15, -0.1) is 0 Å². The average molecular weight is 211 g/mol. The van der Waals surface area contributed by atoms with E-state index in [1.807, 2.05) is 13.8 Å². The van der Waals surface area contributed by atoms with E-state index in [2.05, 4.69) is 0 Å². The number of ether oxygens (including phenoxy) is 1. The summed E-state index contributed by atoms with van der Waals surface area (Å²) in [7, 11) is 0. The molecule has 1 aromatic carbocycles. The van der Waals surface area contributed by atoms with Crippen LogP contribution in [0.15, 0.2) is 18.2 Å². The molecule has 0 spiro atoms. The van der Waals surface area contributed by atoms with Crippen LogP contribution in [0.1, 0.15) is 24.2 Å². The van der Waals surface area contributed by atoms with E-state index in [4.69, 9.17) is 16.3 Å². The monoisotopic (exact) mass is 210 g/mol. The van der Waals surface area contributed by atoms with Crippen LogP contribution in [0.5, 0.6) is 5.75 Å². The Morgan fingerprint density at radius 1 is 1.43 bits per heavy atom. The van der Waals surface area contributed by atoms with Crippen molar-refractivity contribution < 1.29 is 9.53 Å². The maximum Gasteiger partial charge on any atom is 0.175 e. The summed E-state index contributed by atoms with van der Waals surface area (Å²) in [5, 5.41) is 0.568. The van der Waals surface area contributed by atoms with Crippen molar-refractivity contribution in [1.29, 1.82) is 0 Å². The summed E-state index contributed by atoms with van der Waals surface area (Å²) in [4.78, 5) is 12.0. The molecule has 2 nitrogen and oxygen atoms in total. The standard InChI is InChI=1S/C11H11ClO2/c1-11(2)6-14-9-4-3-7(12)5-8(9)10(11)13/h3-5H,6H2,1-2H3. The molecule has 0 saturated heterocycles. The second-order valence-electron chi connectivity index (χ2n) is 4.14. The Morgan fingerprint density at radius 3 is 2.86 bits per heavy atom. The van der Waals surface area contributed by atoms with Crippen LogP contribution < -0.4 is 4.74 Å². The van der Waals surface area contributed by atoms with Crippen molar-refractivity contribution in [2.45, 2.75) is 13.8 Å². The number of carbonyl (C=O) groups is 1. The first kappa shape index (κ1) is 9.53. The lowest BCUT2D eigenvalue weighted by Crippen LogP contribution is -2.35. The number of hydrogen-bond donors (Lipinski definition) is 0. The highest BCUT2D eigenvalue weighted by atomic mass is 35.5. The maximum absolute atomic E-state index is 12.0. The van der Waals surface area contributed by atoms with Gasteiger partial charge in [0.05, 0.1) is 11.0 Å². The van der Waals surface area contributed by atoms with Gasteiger partial charge in [0.1, 0.15) is 12.4 Å². The molecule has 2 rings (SSSR count). The van der Waals surface area contributed by atoms with Crippen molar-refractivity contribution in [2.24, 2.45) is 5.41 Å². The maximum atomic E-state index is 12.0. The van der Waals surface area contributed by atoms with Crippen molar-refractivity contribution in [1.82, 2.24) is 0 Å². The summed E-state index contributed by atoms with van der Waals surface area (Å²) in [6.45, 7) is 4.18. The lowest BCUT2D eigenvalue weighted by Gasteiger charge is -2.29. The highest BCUT2D eigenvalue weighted by molar-refractivity contribution is 6.31. The molecule has 0 aliphatic carbocycles. The molecule has 0 atom stereocenters. The Balaban J connectivity index is 2.54. The van der Waals surface area contributed by atoms with Crippen LogP contribution in [0.2, 0.25) is 5.02 Å². The Kier molecular flexibility index (Phi) is 2.04. The number of fused-ring (bicyclic) bond motifs is 1. The SMILES string of the molecule is CC1(C)COc2ccc(Cl)cc2C1=O. The zero-order valence-corrected chi connectivity index (χ0v) is 8.89. The average Bonchev–Trinajstić information content (AvgIpc) is 2.13. The fourth-order valence-electron chi connectivity index (χ4n) is 1.49. The van der Waals surface area contributed by atoms with Crippen LogP contribution in [0, 0.1) is 5.41 Å². The zero-order chi connectivity index (χ0) is 10.3. The third-order valence-electron chi connectivity index (χ3n) is 2.39. The van der Waals surface area contributed by atoms with Gasteiger partial charge in [0, 0.05) is 5.02 Å². The Labute approximate surface area is 87.8 Å². The molecule has 1 heterocycles. The number of ketones is 1. The molecule has 1 aromatic rings. The minimum absolute atomic E-state index is 0.0984. The highest BCUT2D eigenvalue weighted by Gasteiger charge is 2.35. The number of rotatable bonds is 0. The lowest BCUT2D eigenvalue weighted by molar-refractivity contribution is 0.0692. The van der Waals surface area contributed by atoms with Crippen molar-refractivity contribution in [3.63, 3.8) is 0 Å². The second-order valence-corrected chi connectivity index (χ2v) is 4.58. The molecule has 14 heavy (non-hydrogen) atoms. The summed E-state index contributed by atoms with van der Waals surface area (Å²) in [5.41, 5.74) is 0.145. The van der Waals surface area contributed by atoms with Crippen LogP contribution in [0.4, 0.5) is 0 Å². The van der Waals surface area contributed by atoms with Crippen LogP contribution in [0.3, 0.4) is 0 Å². The molecule has 0 N–H and O–H groups in total. The number of Topliss-reactive ketones (excluding diaryl/α,β-unsaturated/α-hetero) is 1. The van der Waals surface area contributed by atoms with Crippen molar-refractivity contribution in [3.8, 4) is 5.75 Å². The van der Waals surface area contributed by atoms with Crippen molar-refractivity contribution in [3.05, 3.63) is 28.8 Å². The van der Waals surface area contributed by atoms with E-state index in [1.165, 1.54) is 0 Å². The van der Waals surface area contributed by atoms with Gasteiger partial charge in [-0.05, 0) is 32.0 Å². The van der Waals surface area contributed by atoms with Crippen LogP contribution >= 0.6 is 11.6 Å². The van der Waals surface area contributed by atoms with E-state index in [1.54, 1.807) is 18.2 Å². The quantitative estimate of drug-likeness (QED) is 0.658. The molecule has 0 saturated carbocycles. The third kappa shape index (κ3) is 1.40. The fourth-order valence-corrected chi connectivity index (χ4v) is 1.67. The first-order valence-corrected chi connectivity index (χ1v) is 4.86. The van der Waals surface area contributed by atoms with E-state index in [-0.39, 0.29) is 5.78 Å². The minimum atomic E-state index is -0.447. The van der Waals surface area contributed by atoms with E-state index < -0.39 is 5.41 Å². The Morgan fingerprint density at radius 2 is 2.14 bits per heavy atom. The molecular weight excluding hydrogens is 200 g/mol. The summed E-state index contributed by atoms with van der Waals surface area (Å²) >= 11 is 5.83. The third-order valence-corrected chi connectivity index (χ3v) is 2.62. The van der Waals surface area contributed by atoms with Crippen molar-refractivity contribution in [2.75, 3.05) is 6.61 Å². The van der Waals surface area contributed by atoms with Gasteiger partial charge in [0.25, 0.3) is 0 Å².